The highest BCUT2D eigenvalue weighted by molar-refractivity contribution is 8.01. The van der Waals surface area contributed by atoms with Crippen molar-refractivity contribution < 1.29 is 4.52 Å². The molecule has 1 aromatic heterocycles. The van der Waals surface area contributed by atoms with Gasteiger partial charge in [-0.3, -0.25) is 0 Å². The van der Waals surface area contributed by atoms with E-state index in [4.69, 9.17) is 10.3 Å². The molecule has 84 valence electrons. The van der Waals surface area contributed by atoms with Gasteiger partial charge in [-0.1, -0.05) is 17.3 Å². The van der Waals surface area contributed by atoms with Gasteiger partial charge in [0.05, 0.1) is 0 Å². The fourth-order valence-corrected chi connectivity index (χ4v) is 3.18. The van der Waals surface area contributed by atoms with Crippen molar-refractivity contribution in [2.75, 3.05) is 18.2 Å². The van der Waals surface area contributed by atoms with Crippen molar-refractivity contribution in [3.63, 3.8) is 0 Å². The van der Waals surface area contributed by atoms with Gasteiger partial charge in [0.15, 0.2) is 0 Å². The number of nitrogens with two attached hydrogens (primary N) is 1. The third-order valence-electron chi connectivity index (χ3n) is 2.21. The van der Waals surface area contributed by atoms with Gasteiger partial charge in [0.2, 0.25) is 5.88 Å². The van der Waals surface area contributed by atoms with E-state index in [0.717, 1.165) is 11.3 Å². The number of thioether (sulfide) groups is 2. The lowest BCUT2D eigenvalue weighted by Crippen LogP contribution is -1.85. The predicted molar refractivity (Wildman–Crippen MR) is 69.9 cm³/mol. The summed E-state index contributed by atoms with van der Waals surface area (Å²) in [5, 5.41) is 3.95. The molecular weight excluding hydrogens is 240 g/mol. The lowest BCUT2D eigenvalue weighted by Gasteiger charge is -2.08. The van der Waals surface area contributed by atoms with E-state index in [9.17, 15) is 0 Å². The van der Waals surface area contributed by atoms with E-state index in [1.807, 2.05) is 12.1 Å². The van der Waals surface area contributed by atoms with Gasteiger partial charge in [-0.25, -0.2) is 0 Å². The highest BCUT2D eigenvalue weighted by Gasteiger charge is 2.12. The van der Waals surface area contributed by atoms with Crippen LogP contribution >= 0.6 is 23.5 Å². The maximum absolute atomic E-state index is 5.54. The summed E-state index contributed by atoms with van der Waals surface area (Å²) in [4.78, 5) is 2.45. The molecule has 3 nitrogen and oxygen atoms in total. The van der Waals surface area contributed by atoms with Gasteiger partial charge >= 0.3 is 0 Å². The van der Waals surface area contributed by atoms with E-state index in [2.05, 4.69) is 23.7 Å². The second-order valence-corrected chi connectivity index (χ2v) is 4.82. The second-order valence-electron chi connectivity index (χ2n) is 3.16. The van der Waals surface area contributed by atoms with Gasteiger partial charge in [-0.15, -0.1) is 23.5 Å². The summed E-state index contributed by atoms with van der Waals surface area (Å²) in [6, 6.07) is 7.90. The molecule has 0 amide bonds. The molecule has 2 rings (SSSR count). The van der Waals surface area contributed by atoms with Crippen LogP contribution in [0.5, 0.6) is 0 Å². The summed E-state index contributed by atoms with van der Waals surface area (Å²) in [5.74, 6) is 0.344. The number of benzene rings is 1. The first-order valence-electron chi connectivity index (χ1n) is 4.70. The molecule has 0 spiro atoms. The Balaban J connectivity index is 2.56. The molecule has 2 aromatic rings. The molecule has 0 aliphatic rings. The maximum Gasteiger partial charge on any atom is 0.222 e. The number of anilines is 1. The van der Waals surface area contributed by atoms with Crippen molar-refractivity contribution in [2.24, 2.45) is 0 Å². The largest absolute Gasteiger partial charge is 0.368 e. The van der Waals surface area contributed by atoms with Gasteiger partial charge in [0, 0.05) is 21.4 Å². The molecular formula is C11H12N2OS2. The molecule has 0 fully saturated rings. The third-order valence-corrected chi connectivity index (χ3v) is 3.96. The van der Waals surface area contributed by atoms with Crippen LogP contribution in [0.2, 0.25) is 0 Å². The first-order valence-corrected chi connectivity index (χ1v) is 7.14. The minimum Gasteiger partial charge on any atom is -0.368 e. The van der Waals surface area contributed by atoms with Crippen LogP contribution in [0.3, 0.4) is 0 Å². The monoisotopic (exact) mass is 252 g/mol. The fraction of sp³-hybridized carbons (Fsp3) is 0.182. The van der Waals surface area contributed by atoms with Crippen LogP contribution in [0.15, 0.2) is 38.6 Å². The topological polar surface area (TPSA) is 52.0 Å². The van der Waals surface area contributed by atoms with E-state index < -0.39 is 0 Å². The van der Waals surface area contributed by atoms with Crippen LogP contribution in [-0.4, -0.2) is 17.7 Å². The van der Waals surface area contributed by atoms with Gasteiger partial charge in [-0.2, -0.15) is 0 Å². The Morgan fingerprint density at radius 3 is 2.62 bits per heavy atom. The third kappa shape index (κ3) is 2.05. The second kappa shape index (κ2) is 4.84. The van der Waals surface area contributed by atoms with Gasteiger partial charge in [-0.05, 0) is 18.6 Å². The molecule has 0 unspecified atom stereocenters. The Hall–Kier alpha value is -1.07. The number of rotatable bonds is 3. The lowest BCUT2D eigenvalue weighted by molar-refractivity contribution is 0.439. The zero-order valence-corrected chi connectivity index (χ0v) is 10.7. The molecule has 1 heterocycles. The number of nitrogens with zero attached hydrogens (tertiary/aromatic N) is 1. The summed E-state index contributed by atoms with van der Waals surface area (Å²) < 4.78 is 4.90. The SMILES string of the molecule is CSc1cccc(-c2cc(N)on2)c1SC. The smallest absolute Gasteiger partial charge is 0.222 e. The van der Waals surface area contributed by atoms with Crippen LogP contribution in [0.4, 0.5) is 5.88 Å². The predicted octanol–water partition coefficient (Wildman–Crippen LogP) is 3.37. The minimum absolute atomic E-state index is 0.344. The molecule has 16 heavy (non-hydrogen) atoms. The average Bonchev–Trinajstić information content (AvgIpc) is 2.74. The van der Waals surface area contributed by atoms with E-state index in [0.29, 0.717) is 5.88 Å². The average molecular weight is 252 g/mol. The summed E-state index contributed by atoms with van der Waals surface area (Å²) in [6.45, 7) is 0. The van der Waals surface area contributed by atoms with Crippen molar-refractivity contribution >= 4 is 29.4 Å². The van der Waals surface area contributed by atoms with Crippen molar-refractivity contribution in [1.29, 1.82) is 0 Å². The molecule has 0 saturated heterocycles. The van der Waals surface area contributed by atoms with Crippen LogP contribution in [0.25, 0.3) is 11.3 Å². The Morgan fingerprint density at radius 2 is 2.06 bits per heavy atom. The van der Waals surface area contributed by atoms with E-state index in [1.165, 1.54) is 9.79 Å². The highest BCUT2D eigenvalue weighted by Crippen LogP contribution is 2.36. The van der Waals surface area contributed by atoms with Crippen LogP contribution in [-0.2, 0) is 0 Å². The Kier molecular flexibility index (Phi) is 3.46. The number of nitrogen functional groups attached to an aromatic ring is 1. The summed E-state index contributed by atoms with van der Waals surface area (Å²) >= 11 is 3.43. The Morgan fingerprint density at radius 1 is 1.25 bits per heavy atom. The fourth-order valence-electron chi connectivity index (χ4n) is 1.51. The molecule has 0 saturated carbocycles. The normalized spacial score (nSPS) is 10.6. The van der Waals surface area contributed by atoms with Crippen molar-refractivity contribution in [1.82, 2.24) is 5.16 Å². The first-order chi connectivity index (χ1) is 7.76. The maximum atomic E-state index is 5.54. The van der Waals surface area contributed by atoms with Crippen molar-refractivity contribution in [3.8, 4) is 11.3 Å². The minimum atomic E-state index is 0.344. The van der Waals surface area contributed by atoms with E-state index >= 15 is 0 Å². The Bertz CT molecular complexity index is 496. The van der Waals surface area contributed by atoms with Crippen LogP contribution < -0.4 is 5.73 Å². The summed E-state index contributed by atoms with van der Waals surface area (Å²) in [6.07, 6.45) is 4.12. The number of hydrogen-bond acceptors (Lipinski definition) is 5. The summed E-state index contributed by atoms with van der Waals surface area (Å²) in [7, 11) is 0. The van der Waals surface area contributed by atoms with Crippen molar-refractivity contribution in [3.05, 3.63) is 24.3 Å². The lowest BCUT2D eigenvalue weighted by atomic mass is 10.1. The molecule has 2 N–H and O–H groups in total. The van der Waals surface area contributed by atoms with Gasteiger partial charge in [0.1, 0.15) is 5.69 Å². The summed E-state index contributed by atoms with van der Waals surface area (Å²) in [5.41, 5.74) is 7.40. The molecule has 0 atom stereocenters. The molecule has 1 aromatic carbocycles. The zero-order chi connectivity index (χ0) is 11.5. The van der Waals surface area contributed by atoms with Crippen LogP contribution in [0, 0.1) is 0 Å². The zero-order valence-electron chi connectivity index (χ0n) is 9.06. The first kappa shape index (κ1) is 11.4. The molecule has 0 aliphatic heterocycles. The molecule has 0 aliphatic carbocycles. The quantitative estimate of drug-likeness (QED) is 0.849. The Labute approximate surface area is 103 Å². The number of aromatic nitrogens is 1. The van der Waals surface area contributed by atoms with Gasteiger partial charge < -0.3 is 10.3 Å². The van der Waals surface area contributed by atoms with Crippen LogP contribution in [0.1, 0.15) is 0 Å². The van der Waals surface area contributed by atoms with E-state index in [-0.39, 0.29) is 0 Å². The standard InChI is InChI=1S/C11H12N2OS2/c1-15-9-5-3-4-7(11(9)16-2)8-6-10(12)14-13-8/h3-6H,12H2,1-2H3. The molecule has 0 radical (unpaired) electrons. The molecule has 0 bridgehead atoms. The van der Waals surface area contributed by atoms with E-state index in [1.54, 1.807) is 29.6 Å². The van der Waals surface area contributed by atoms with Crippen molar-refractivity contribution in [2.45, 2.75) is 9.79 Å². The highest BCUT2D eigenvalue weighted by atomic mass is 32.2. The van der Waals surface area contributed by atoms with Gasteiger partial charge in [0.25, 0.3) is 0 Å². The molecule has 5 heteroatoms. The number of hydrogen-bond donors (Lipinski definition) is 1.